The van der Waals surface area contributed by atoms with Gasteiger partial charge in [-0.25, -0.2) is 4.98 Å². The number of benzene rings is 3. The lowest BCUT2D eigenvalue weighted by atomic mass is 9.91. The molecule has 1 aliphatic rings. The predicted molar refractivity (Wildman–Crippen MR) is 194 cm³/mol. The molecule has 9 nitrogen and oxygen atoms in total. The third-order valence-corrected chi connectivity index (χ3v) is 10.1. The van der Waals surface area contributed by atoms with Gasteiger partial charge in [-0.15, -0.1) is 11.3 Å². The molecule has 1 aromatic heterocycles. The van der Waals surface area contributed by atoms with Gasteiger partial charge in [-0.3, -0.25) is 14.4 Å². The van der Waals surface area contributed by atoms with Gasteiger partial charge in [0, 0.05) is 56.7 Å². The van der Waals surface area contributed by atoms with Crippen molar-refractivity contribution in [3.8, 4) is 11.3 Å². The van der Waals surface area contributed by atoms with E-state index in [2.05, 4.69) is 5.32 Å². The van der Waals surface area contributed by atoms with Crippen LogP contribution in [0.1, 0.15) is 66.3 Å². The SMILES string of the molecule is Cc1cccc([C@H]2O[C@H](CC(=O)Nc3nc(-c4ccc(Cl)cc4)c(CCCC(=O)O)s3)C(=O)N(CC(C)(C)CO)c3ccc(Cl)cc32)c1C. The van der Waals surface area contributed by atoms with E-state index in [0.29, 0.717) is 45.0 Å². The fourth-order valence-corrected chi connectivity index (χ4v) is 7.14. The lowest BCUT2D eigenvalue weighted by Crippen LogP contribution is -2.46. The van der Waals surface area contributed by atoms with Gasteiger partial charge in [-0.05, 0) is 73.7 Å². The Labute approximate surface area is 299 Å². The third kappa shape index (κ3) is 8.69. The van der Waals surface area contributed by atoms with Gasteiger partial charge < -0.3 is 25.2 Å². The molecular formula is C37H39Cl2N3O6S. The Hall–Kier alpha value is -3.80. The minimum Gasteiger partial charge on any atom is -0.481 e. The zero-order valence-corrected chi connectivity index (χ0v) is 30.1. The Balaban J connectivity index is 1.49. The van der Waals surface area contributed by atoms with Crippen LogP contribution < -0.4 is 10.2 Å². The number of aromatic nitrogens is 1. The highest BCUT2D eigenvalue weighted by atomic mass is 35.5. The lowest BCUT2D eigenvalue weighted by molar-refractivity contribution is -0.137. The number of halogens is 2. The molecular weight excluding hydrogens is 685 g/mol. The fraction of sp³-hybridized carbons (Fsp3) is 0.351. The van der Waals surface area contributed by atoms with Crippen LogP contribution in [0.15, 0.2) is 60.7 Å². The number of ether oxygens (including phenoxy) is 1. The molecule has 0 bridgehead atoms. The highest BCUT2D eigenvalue weighted by Gasteiger charge is 2.40. The number of carbonyl (C=O) groups is 3. The zero-order valence-electron chi connectivity index (χ0n) is 27.8. The summed E-state index contributed by atoms with van der Waals surface area (Å²) in [5.74, 6) is -1.78. The molecule has 0 radical (unpaired) electrons. The molecule has 3 aromatic carbocycles. The van der Waals surface area contributed by atoms with Crippen molar-refractivity contribution >= 4 is 63.1 Å². The number of anilines is 2. The first-order chi connectivity index (χ1) is 23.3. The summed E-state index contributed by atoms with van der Waals surface area (Å²) in [7, 11) is 0. The van der Waals surface area contributed by atoms with Crippen molar-refractivity contribution < 1.29 is 29.3 Å². The highest BCUT2D eigenvalue weighted by Crippen LogP contribution is 2.42. The molecule has 0 unspecified atom stereocenters. The van der Waals surface area contributed by atoms with Gasteiger partial charge in [-0.2, -0.15) is 0 Å². The molecule has 49 heavy (non-hydrogen) atoms. The van der Waals surface area contributed by atoms with Gasteiger partial charge >= 0.3 is 5.97 Å². The number of nitrogens with zero attached hydrogens (tertiary/aromatic N) is 2. The van der Waals surface area contributed by atoms with Crippen molar-refractivity contribution in [2.24, 2.45) is 5.41 Å². The van der Waals surface area contributed by atoms with E-state index in [1.165, 1.54) is 11.3 Å². The Morgan fingerprint density at radius 1 is 1.04 bits per heavy atom. The minimum atomic E-state index is -1.18. The number of rotatable bonds is 12. The summed E-state index contributed by atoms with van der Waals surface area (Å²) >= 11 is 13.9. The molecule has 2 atom stereocenters. The largest absolute Gasteiger partial charge is 0.481 e. The normalized spacial score (nSPS) is 16.3. The number of aliphatic hydroxyl groups excluding tert-OH is 1. The van der Waals surface area contributed by atoms with E-state index in [-0.39, 0.29) is 26.0 Å². The van der Waals surface area contributed by atoms with Crippen molar-refractivity contribution in [1.82, 2.24) is 4.98 Å². The number of carbonyl (C=O) groups excluding carboxylic acids is 2. The average molecular weight is 725 g/mol. The number of hydrogen-bond acceptors (Lipinski definition) is 7. The second-order valence-corrected chi connectivity index (χ2v) is 15.0. The molecule has 5 rings (SSSR count). The first kappa shape index (κ1) is 36.5. The summed E-state index contributed by atoms with van der Waals surface area (Å²) in [6.45, 7) is 7.73. The first-order valence-corrected chi connectivity index (χ1v) is 17.5. The van der Waals surface area contributed by atoms with Crippen LogP contribution in [-0.4, -0.2) is 52.2 Å². The van der Waals surface area contributed by atoms with Crippen molar-refractivity contribution in [2.45, 2.75) is 65.6 Å². The average Bonchev–Trinajstić information content (AvgIpc) is 3.41. The molecule has 1 aliphatic heterocycles. The Kier molecular flexibility index (Phi) is 11.5. The number of fused-ring (bicyclic) bond motifs is 1. The number of aliphatic carboxylic acids is 1. The van der Waals surface area contributed by atoms with Gasteiger partial charge in [0.05, 0.1) is 12.1 Å². The summed E-state index contributed by atoms with van der Waals surface area (Å²) in [4.78, 5) is 46.4. The van der Waals surface area contributed by atoms with Crippen LogP contribution in [0.4, 0.5) is 10.8 Å². The number of nitrogens with one attached hydrogen (secondary N) is 1. The second kappa shape index (κ2) is 15.4. The zero-order chi connectivity index (χ0) is 35.5. The minimum absolute atomic E-state index is 0.000448. The number of amides is 2. The van der Waals surface area contributed by atoms with Gasteiger partial charge in [-0.1, -0.05) is 67.4 Å². The number of thiazole rings is 1. The van der Waals surface area contributed by atoms with Crippen molar-refractivity contribution in [1.29, 1.82) is 0 Å². The fourth-order valence-electron chi connectivity index (χ4n) is 5.79. The molecule has 4 aromatic rings. The standard InChI is InChI=1S/C37H39Cl2N3O6S/c1-21-7-5-8-26(22(21)2)34-27-17-25(39)15-16-28(27)42(19-37(3,4)20-43)35(47)29(48-34)18-31(44)40-36-41-33(23-11-13-24(38)14-12-23)30(49-36)9-6-10-32(45)46/h5,7-8,11-17,29,34,43H,6,9-10,18-20H2,1-4H3,(H,45,46)(H,40,41,44)/t29-,34-/m1/s1. The van der Waals surface area contributed by atoms with E-state index in [0.717, 1.165) is 27.1 Å². The highest BCUT2D eigenvalue weighted by molar-refractivity contribution is 7.16. The summed E-state index contributed by atoms with van der Waals surface area (Å²) in [5.41, 5.74) is 4.93. The molecule has 0 aliphatic carbocycles. The van der Waals surface area contributed by atoms with Crippen LogP contribution in [0, 0.1) is 19.3 Å². The van der Waals surface area contributed by atoms with Crippen LogP contribution in [0.2, 0.25) is 10.0 Å². The van der Waals surface area contributed by atoms with Crippen LogP contribution in [0.3, 0.4) is 0 Å². The maximum absolute atomic E-state index is 14.4. The maximum atomic E-state index is 14.4. The lowest BCUT2D eigenvalue weighted by Gasteiger charge is -2.32. The number of aryl methyl sites for hydroxylation is 2. The van der Waals surface area contributed by atoms with Gasteiger partial charge in [0.25, 0.3) is 5.91 Å². The number of aliphatic hydroxyl groups is 1. The van der Waals surface area contributed by atoms with E-state index < -0.39 is 35.4 Å². The molecule has 0 fully saturated rings. The molecule has 2 heterocycles. The third-order valence-electron chi connectivity index (χ3n) is 8.57. The van der Waals surface area contributed by atoms with Gasteiger partial charge in [0.2, 0.25) is 5.91 Å². The summed E-state index contributed by atoms with van der Waals surface area (Å²) in [6, 6.07) is 18.3. The van der Waals surface area contributed by atoms with Crippen LogP contribution in [0.5, 0.6) is 0 Å². The predicted octanol–water partition coefficient (Wildman–Crippen LogP) is 8.01. The van der Waals surface area contributed by atoms with Gasteiger partial charge in [0.15, 0.2) is 5.13 Å². The molecule has 2 amide bonds. The molecule has 0 saturated carbocycles. The Bertz CT molecular complexity index is 1860. The van der Waals surface area contributed by atoms with Crippen LogP contribution >= 0.6 is 34.5 Å². The van der Waals surface area contributed by atoms with E-state index >= 15 is 0 Å². The van der Waals surface area contributed by atoms with Crippen LogP contribution in [0.25, 0.3) is 11.3 Å². The number of carboxylic acid groups (broad SMARTS) is 1. The number of hydrogen-bond donors (Lipinski definition) is 3. The number of carboxylic acids is 1. The molecule has 258 valence electrons. The maximum Gasteiger partial charge on any atom is 0.303 e. The molecule has 0 spiro atoms. The second-order valence-electron chi connectivity index (χ2n) is 13.0. The summed E-state index contributed by atoms with van der Waals surface area (Å²) in [5, 5.41) is 23.5. The van der Waals surface area contributed by atoms with E-state index in [4.69, 9.17) is 32.9 Å². The van der Waals surface area contributed by atoms with E-state index in [1.807, 2.05) is 58.0 Å². The van der Waals surface area contributed by atoms with E-state index in [1.54, 1.807) is 35.2 Å². The van der Waals surface area contributed by atoms with Gasteiger partial charge in [0.1, 0.15) is 12.2 Å². The van der Waals surface area contributed by atoms with Crippen molar-refractivity contribution in [3.63, 3.8) is 0 Å². The Morgan fingerprint density at radius 2 is 1.76 bits per heavy atom. The smallest absolute Gasteiger partial charge is 0.303 e. The topological polar surface area (TPSA) is 129 Å². The monoisotopic (exact) mass is 723 g/mol. The Morgan fingerprint density at radius 3 is 2.45 bits per heavy atom. The van der Waals surface area contributed by atoms with Crippen molar-refractivity contribution in [3.05, 3.63) is 97.8 Å². The molecule has 0 saturated heterocycles. The van der Waals surface area contributed by atoms with Crippen molar-refractivity contribution in [2.75, 3.05) is 23.4 Å². The summed E-state index contributed by atoms with van der Waals surface area (Å²) < 4.78 is 6.64. The molecule has 3 N–H and O–H groups in total. The molecule has 12 heteroatoms. The quantitative estimate of drug-likeness (QED) is 0.135. The first-order valence-electron chi connectivity index (χ1n) is 16.0. The van der Waals surface area contributed by atoms with E-state index in [9.17, 15) is 24.6 Å². The van der Waals surface area contributed by atoms with Crippen LogP contribution in [-0.2, 0) is 25.5 Å². The summed E-state index contributed by atoms with van der Waals surface area (Å²) in [6.07, 6.45) is -1.34.